The highest BCUT2D eigenvalue weighted by Gasteiger charge is 2.22. The number of piperidine rings is 1. The summed E-state index contributed by atoms with van der Waals surface area (Å²) in [5, 5.41) is 2.88. The van der Waals surface area contributed by atoms with E-state index in [2.05, 4.69) is 25.2 Å². The van der Waals surface area contributed by atoms with Crippen molar-refractivity contribution in [3.8, 4) is 0 Å². The summed E-state index contributed by atoms with van der Waals surface area (Å²) in [6.07, 6.45) is 3.57. The first-order valence-corrected chi connectivity index (χ1v) is 7.67. The first-order chi connectivity index (χ1) is 10.5. The predicted molar refractivity (Wildman–Crippen MR) is 85.3 cm³/mol. The molecule has 1 atom stereocenters. The quantitative estimate of drug-likeness (QED) is 0.790. The molecule has 1 aliphatic heterocycles. The maximum absolute atomic E-state index is 12.3. The summed E-state index contributed by atoms with van der Waals surface area (Å²) in [4.78, 5) is 28.6. The fraction of sp³-hybridized carbons (Fsp3) is 0.714. The van der Waals surface area contributed by atoms with Gasteiger partial charge in [-0.15, -0.1) is 0 Å². The number of amides is 1. The van der Waals surface area contributed by atoms with Crippen molar-refractivity contribution in [3.05, 3.63) is 5.82 Å². The summed E-state index contributed by atoms with van der Waals surface area (Å²) in [7, 11) is 3.66. The summed E-state index contributed by atoms with van der Waals surface area (Å²) in [5.74, 6) is 1.11. The van der Waals surface area contributed by atoms with Gasteiger partial charge in [-0.25, -0.2) is 0 Å². The molecular weight excluding hydrogens is 282 g/mol. The Morgan fingerprint density at radius 1 is 1.27 bits per heavy atom. The zero-order valence-electron chi connectivity index (χ0n) is 13.5. The molecule has 1 aromatic heterocycles. The minimum Gasteiger partial charge on any atom is -0.368 e. The van der Waals surface area contributed by atoms with Crippen molar-refractivity contribution < 1.29 is 4.79 Å². The van der Waals surface area contributed by atoms with Gasteiger partial charge in [-0.3, -0.25) is 9.69 Å². The van der Waals surface area contributed by atoms with Crippen LogP contribution in [0, 0.1) is 0 Å². The normalized spacial score (nSPS) is 17.0. The van der Waals surface area contributed by atoms with Crippen LogP contribution in [0.5, 0.6) is 0 Å². The SMILES string of the molecule is CC(C(=O)NCc1nc(N)nc(N(C)C)n1)N1CCCCC1. The van der Waals surface area contributed by atoms with Gasteiger partial charge in [0.05, 0.1) is 12.6 Å². The molecule has 2 rings (SSSR count). The molecule has 3 N–H and O–H groups in total. The first kappa shape index (κ1) is 16.4. The third-order valence-electron chi connectivity index (χ3n) is 3.83. The van der Waals surface area contributed by atoms with Gasteiger partial charge < -0.3 is 16.0 Å². The maximum atomic E-state index is 12.3. The zero-order valence-corrected chi connectivity index (χ0v) is 13.5. The van der Waals surface area contributed by atoms with Crippen LogP contribution in [0.25, 0.3) is 0 Å². The molecule has 0 bridgehead atoms. The Bertz CT molecular complexity index is 514. The van der Waals surface area contributed by atoms with Crippen LogP contribution in [0.2, 0.25) is 0 Å². The molecule has 0 aromatic carbocycles. The van der Waals surface area contributed by atoms with Crippen LogP contribution in [-0.4, -0.2) is 59.0 Å². The van der Waals surface area contributed by atoms with Gasteiger partial charge in [0.2, 0.25) is 17.8 Å². The number of nitrogens with one attached hydrogen (secondary N) is 1. The summed E-state index contributed by atoms with van der Waals surface area (Å²) in [6, 6.07) is -0.132. The molecule has 1 unspecified atom stereocenters. The molecule has 2 heterocycles. The predicted octanol–water partition coefficient (Wildman–Crippen LogP) is 0.0104. The molecule has 22 heavy (non-hydrogen) atoms. The Morgan fingerprint density at radius 2 is 1.95 bits per heavy atom. The summed E-state index contributed by atoms with van der Waals surface area (Å²) >= 11 is 0. The number of hydrogen-bond acceptors (Lipinski definition) is 7. The zero-order chi connectivity index (χ0) is 16.1. The number of aromatic nitrogens is 3. The van der Waals surface area contributed by atoms with Gasteiger partial charge >= 0.3 is 0 Å². The van der Waals surface area contributed by atoms with Crippen molar-refractivity contribution in [1.82, 2.24) is 25.2 Å². The van der Waals surface area contributed by atoms with Crippen LogP contribution in [-0.2, 0) is 11.3 Å². The van der Waals surface area contributed by atoms with E-state index in [0.29, 0.717) is 11.8 Å². The van der Waals surface area contributed by atoms with Crippen LogP contribution >= 0.6 is 0 Å². The van der Waals surface area contributed by atoms with Crippen LogP contribution in [0.4, 0.5) is 11.9 Å². The third kappa shape index (κ3) is 4.27. The lowest BCUT2D eigenvalue weighted by Gasteiger charge is -2.31. The van der Waals surface area contributed by atoms with E-state index in [1.165, 1.54) is 6.42 Å². The lowest BCUT2D eigenvalue weighted by atomic mass is 10.1. The minimum atomic E-state index is -0.132. The molecule has 8 heteroatoms. The van der Waals surface area contributed by atoms with Gasteiger partial charge in [0.25, 0.3) is 0 Å². The average Bonchev–Trinajstić information content (AvgIpc) is 2.52. The largest absolute Gasteiger partial charge is 0.368 e. The number of nitrogens with two attached hydrogens (primary N) is 1. The van der Waals surface area contributed by atoms with Gasteiger partial charge in [0, 0.05) is 14.1 Å². The van der Waals surface area contributed by atoms with Crippen molar-refractivity contribution in [2.24, 2.45) is 0 Å². The number of hydrogen-bond donors (Lipinski definition) is 2. The molecule has 0 radical (unpaired) electrons. The van der Waals surface area contributed by atoms with Crippen molar-refractivity contribution in [1.29, 1.82) is 0 Å². The molecular formula is C14H25N7O. The van der Waals surface area contributed by atoms with Crippen LogP contribution < -0.4 is 16.0 Å². The molecule has 1 saturated heterocycles. The van der Waals surface area contributed by atoms with Crippen molar-refractivity contribution in [3.63, 3.8) is 0 Å². The number of carbonyl (C=O) groups excluding carboxylic acids is 1. The van der Waals surface area contributed by atoms with Crippen LogP contribution in [0.1, 0.15) is 32.0 Å². The number of nitrogens with zero attached hydrogens (tertiary/aromatic N) is 5. The minimum absolute atomic E-state index is 0.00714. The number of anilines is 2. The fourth-order valence-electron chi connectivity index (χ4n) is 2.49. The van der Waals surface area contributed by atoms with Gasteiger partial charge in [-0.1, -0.05) is 6.42 Å². The Labute approximate surface area is 131 Å². The third-order valence-corrected chi connectivity index (χ3v) is 3.83. The lowest BCUT2D eigenvalue weighted by molar-refractivity contribution is -0.126. The Balaban J connectivity index is 1.92. The van der Waals surface area contributed by atoms with Gasteiger partial charge in [0.15, 0.2) is 5.82 Å². The van der Waals surface area contributed by atoms with Crippen LogP contribution in [0.15, 0.2) is 0 Å². The highest BCUT2D eigenvalue weighted by molar-refractivity contribution is 5.81. The number of likely N-dealkylation sites (tertiary alicyclic amines) is 1. The van der Waals surface area contributed by atoms with E-state index in [1.807, 2.05) is 21.0 Å². The van der Waals surface area contributed by atoms with E-state index in [-0.39, 0.29) is 24.4 Å². The molecule has 0 saturated carbocycles. The molecule has 1 amide bonds. The summed E-state index contributed by atoms with van der Waals surface area (Å²) < 4.78 is 0. The summed E-state index contributed by atoms with van der Waals surface area (Å²) in [5.41, 5.74) is 5.67. The molecule has 122 valence electrons. The van der Waals surface area contributed by atoms with E-state index in [1.54, 1.807) is 4.90 Å². The topological polar surface area (TPSA) is 100 Å². The molecule has 1 aromatic rings. The highest BCUT2D eigenvalue weighted by Crippen LogP contribution is 2.12. The fourth-order valence-corrected chi connectivity index (χ4v) is 2.49. The standard InChI is InChI=1S/C14H25N7O/c1-10(21-7-5-4-6-8-21)12(22)16-9-11-17-13(15)19-14(18-11)20(2)3/h10H,4-9H2,1-3H3,(H,16,22)(H2,15,17,18,19). The van der Waals surface area contributed by atoms with E-state index < -0.39 is 0 Å². The van der Waals surface area contributed by atoms with Crippen molar-refractivity contribution in [2.75, 3.05) is 37.8 Å². The molecule has 8 nitrogen and oxygen atoms in total. The molecule has 0 aliphatic carbocycles. The number of nitrogen functional groups attached to an aromatic ring is 1. The average molecular weight is 307 g/mol. The second-order valence-electron chi connectivity index (χ2n) is 5.79. The first-order valence-electron chi connectivity index (χ1n) is 7.67. The van der Waals surface area contributed by atoms with E-state index in [9.17, 15) is 4.79 Å². The second-order valence-corrected chi connectivity index (χ2v) is 5.79. The molecule has 1 fully saturated rings. The van der Waals surface area contributed by atoms with Gasteiger partial charge in [-0.2, -0.15) is 15.0 Å². The number of carbonyl (C=O) groups is 1. The molecule has 1 aliphatic rings. The Hall–Kier alpha value is -1.96. The van der Waals surface area contributed by atoms with Crippen molar-refractivity contribution >= 4 is 17.8 Å². The Kier molecular flexibility index (Phi) is 5.48. The smallest absolute Gasteiger partial charge is 0.237 e. The number of rotatable bonds is 5. The van der Waals surface area contributed by atoms with Crippen molar-refractivity contribution in [2.45, 2.75) is 38.8 Å². The summed E-state index contributed by atoms with van der Waals surface area (Å²) in [6.45, 7) is 4.16. The monoisotopic (exact) mass is 307 g/mol. The van der Waals surface area contributed by atoms with Crippen LogP contribution in [0.3, 0.4) is 0 Å². The Morgan fingerprint density at radius 3 is 2.59 bits per heavy atom. The maximum Gasteiger partial charge on any atom is 0.237 e. The van der Waals surface area contributed by atoms with E-state index in [0.717, 1.165) is 25.9 Å². The van der Waals surface area contributed by atoms with Gasteiger partial charge in [0.1, 0.15) is 0 Å². The van der Waals surface area contributed by atoms with E-state index in [4.69, 9.17) is 5.73 Å². The van der Waals surface area contributed by atoms with E-state index >= 15 is 0 Å². The highest BCUT2D eigenvalue weighted by atomic mass is 16.2. The lowest BCUT2D eigenvalue weighted by Crippen LogP contribution is -2.47. The molecule has 0 spiro atoms. The second kappa shape index (κ2) is 7.35. The van der Waals surface area contributed by atoms with Gasteiger partial charge in [-0.05, 0) is 32.9 Å².